The predicted octanol–water partition coefficient (Wildman–Crippen LogP) is 17.8. The van der Waals surface area contributed by atoms with Gasteiger partial charge in [-0.25, -0.2) is 9.97 Å². The summed E-state index contributed by atoms with van der Waals surface area (Å²) in [7, 11) is 0. The molecule has 79 heavy (non-hydrogen) atoms. The lowest BCUT2D eigenvalue weighted by Crippen LogP contribution is -2.04. The number of hydrogen-bond donors (Lipinski definition) is 0. The van der Waals surface area contributed by atoms with Crippen LogP contribution in [0.2, 0.25) is 0 Å². The highest BCUT2D eigenvalue weighted by atomic mass is 15.0. The Kier molecular flexibility index (Phi) is 10.5. The third-order valence-electron chi connectivity index (χ3n) is 15.5. The van der Waals surface area contributed by atoms with Gasteiger partial charge in [0.15, 0.2) is 5.82 Å². The van der Waals surface area contributed by atoms with Crippen LogP contribution in [-0.4, -0.2) is 23.7 Å². The number of nitriles is 2. The molecule has 4 aromatic heterocycles. The van der Waals surface area contributed by atoms with Crippen molar-refractivity contribution in [2.24, 2.45) is 0 Å². The molecular weight excluding hydrogens is 963 g/mol. The van der Waals surface area contributed by atoms with Crippen LogP contribution in [-0.2, 0) is 0 Å². The van der Waals surface area contributed by atoms with Crippen molar-refractivity contribution >= 4 is 65.4 Å². The monoisotopic (exact) mass is 1010 g/mol. The lowest BCUT2D eigenvalue weighted by atomic mass is 9.88. The molecule has 0 atom stereocenters. The van der Waals surface area contributed by atoms with Crippen LogP contribution < -0.4 is 0 Å². The molecule has 0 radical (unpaired) electrons. The van der Waals surface area contributed by atoms with Gasteiger partial charge in [-0.2, -0.15) is 10.5 Å². The standard InChI is InChI=1S/C72H43N7/c73-44-48-23-7-9-25-53(48)61-39-50(64-43-63(46-19-3-1-4-20-46)75-72(76-64)47-21-5-2-6-22-47)40-62(54-26-10-8-24-49(54)45-74)71(61)79-69-37-35-51(77-65-31-15-11-27-55(65)56-28-12-16-32-66(56)77)41-59(69)60-42-52(36-38-70(60)79)78-67-33-17-13-29-57(67)58-30-14-18-34-68(58)78/h1-43H. The van der Waals surface area contributed by atoms with E-state index in [4.69, 9.17) is 9.97 Å². The highest BCUT2D eigenvalue weighted by Crippen LogP contribution is 2.47. The molecule has 15 rings (SSSR count). The first-order valence-corrected chi connectivity index (χ1v) is 26.3. The first-order chi connectivity index (χ1) is 39.1. The normalized spacial score (nSPS) is 11.5. The van der Waals surface area contributed by atoms with E-state index in [1.165, 1.54) is 21.5 Å². The lowest BCUT2D eigenvalue weighted by molar-refractivity contribution is 1.16. The minimum absolute atomic E-state index is 0.515. The van der Waals surface area contributed by atoms with Gasteiger partial charge in [-0.1, -0.05) is 170 Å². The number of hydrogen-bond acceptors (Lipinski definition) is 4. The maximum absolute atomic E-state index is 11.0. The van der Waals surface area contributed by atoms with Crippen molar-refractivity contribution in [3.8, 4) is 85.4 Å². The topological polar surface area (TPSA) is 88.2 Å². The van der Waals surface area contributed by atoms with E-state index in [1.54, 1.807) is 0 Å². The van der Waals surface area contributed by atoms with E-state index in [0.717, 1.165) is 106 Å². The summed E-state index contributed by atoms with van der Waals surface area (Å²) >= 11 is 0. The Hall–Kier alpha value is -11.1. The quantitative estimate of drug-likeness (QED) is 0.152. The van der Waals surface area contributed by atoms with Gasteiger partial charge in [0.1, 0.15) is 0 Å². The van der Waals surface area contributed by atoms with E-state index in [1.807, 2.05) is 103 Å². The van der Waals surface area contributed by atoms with Crippen LogP contribution in [0, 0.1) is 22.7 Å². The van der Waals surface area contributed by atoms with Crippen molar-refractivity contribution in [1.82, 2.24) is 23.7 Å². The zero-order chi connectivity index (χ0) is 52.6. The Balaban J connectivity index is 1.09. The number of para-hydroxylation sites is 4. The van der Waals surface area contributed by atoms with Gasteiger partial charge in [-0.3, -0.25) is 0 Å². The summed E-state index contributed by atoms with van der Waals surface area (Å²) in [6, 6.07) is 95.4. The molecule has 0 amide bonds. The van der Waals surface area contributed by atoms with Crippen LogP contribution >= 0.6 is 0 Å². The van der Waals surface area contributed by atoms with E-state index >= 15 is 0 Å². The van der Waals surface area contributed by atoms with Gasteiger partial charge in [-0.05, 0) is 91.0 Å². The highest BCUT2D eigenvalue weighted by molar-refractivity contribution is 6.15. The Morgan fingerprint density at radius 1 is 0.278 bits per heavy atom. The summed E-state index contributed by atoms with van der Waals surface area (Å²) in [5, 5.41) is 28.9. The van der Waals surface area contributed by atoms with Crippen LogP contribution in [0.5, 0.6) is 0 Å². The van der Waals surface area contributed by atoms with E-state index < -0.39 is 0 Å². The third kappa shape index (κ3) is 7.26. The highest BCUT2D eigenvalue weighted by Gasteiger charge is 2.26. The van der Waals surface area contributed by atoms with Crippen molar-refractivity contribution in [2.45, 2.75) is 0 Å². The summed E-state index contributed by atoms with van der Waals surface area (Å²) in [5.74, 6) is 0.583. The summed E-state index contributed by atoms with van der Waals surface area (Å²) < 4.78 is 7.10. The number of nitrogens with zero attached hydrogens (tertiary/aromatic N) is 7. The molecule has 0 N–H and O–H groups in total. The molecule has 15 aromatic rings. The molecule has 11 aromatic carbocycles. The van der Waals surface area contributed by atoms with E-state index in [0.29, 0.717) is 22.6 Å². The molecule has 4 heterocycles. The number of fused-ring (bicyclic) bond motifs is 9. The smallest absolute Gasteiger partial charge is 0.160 e. The minimum atomic E-state index is 0.515. The van der Waals surface area contributed by atoms with E-state index in [2.05, 4.69) is 184 Å². The van der Waals surface area contributed by atoms with Crippen molar-refractivity contribution in [1.29, 1.82) is 10.5 Å². The molecule has 0 unspecified atom stereocenters. The summed E-state index contributed by atoms with van der Waals surface area (Å²) in [6.07, 6.45) is 0. The Morgan fingerprint density at radius 3 is 1.09 bits per heavy atom. The zero-order valence-corrected chi connectivity index (χ0v) is 42.5. The molecule has 0 aliphatic carbocycles. The van der Waals surface area contributed by atoms with Gasteiger partial charge in [0, 0.05) is 82.6 Å². The van der Waals surface area contributed by atoms with Gasteiger partial charge in [0.2, 0.25) is 0 Å². The average Bonchev–Trinajstić information content (AvgIpc) is 4.38. The van der Waals surface area contributed by atoms with Crippen LogP contribution in [0.15, 0.2) is 261 Å². The second-order valence-electron chi connectivity index (χ2n) is 19.9. The molecule has 366 valence electrons. The second kappa shape index (κ2) is 18.3. The first kappa shape index (κ1) is 45.3. The van der Waals surface area contributed by atoms with Gasteiger partial charge in [0.25, 0.3) is 0 Å². The Labute approximate surface area is 454 Å². The zero-order valence-electron chi connectivity index (χ0n) is 42.5. The lowest BCUT2D eigenvalue weighted by Gasteiger charge is -2.22. The molecule has 0 aliphatic heterocycles. The van der Waals surface area contributed by atoms with Crippen LogP contribution in [0.3, 0.4) is 0 Å². The van der Waals surface area contributed by atoms with Gasteiger partial charge >= 0.3 is 0 Å². The molecule has 0 spiro atoms. The molecule has 0 fully saturated rings. The van der Waals surface area contributed by atoms with Gasteiger partial charge < -0.3 is 13.7 Å². The molecule has 7 nitrogen and oxygen atoms in total. The van der Waals surface area contributed by atoms with Crippen molar-refractivity contribution < 1.29 is 0 Å². The summed E-state index contributed by atoms with van der Waals surface area (Å²) in [4.78, 5) is 10.5. The second-order valence-corrected chi connectivity index (χ2v) is 19.9. The number of benzene rings is 11. The molecule has 0 aliphatic rings. The average molecular weight is 1010 g/mol. The molecule has 0 bridgehead atoms. The van der Waals surface area contributed by atoms with E-state index in [9.17, 15) is 10.5 Å². The Bertz CT molecular complexity index is 4630. The molecule has 0 saturated carbocycles. The van der Waals surface area contributed by atoms with Crippen LogP contribution in [0.4, 0.5) is 0 Å². The van der Waals surface area contributed by atoms with Crippen molar-refractivity contribution in [3.05, 3.63) is 272 Å². The maximum atomic E-state index is 11.0. The fraction of sp³-hybridized carbons (Fsp3) is 0. The van der Waals surface area contributed by atoms with Gasteiger partial charge in [-0.15, -0.1) is 0 Å². The maximum Gasteiger partial charge on any atom is 0.160 e. The first-order valence-electron chi connectivity index (χ1n) is 26.3. The van der Waals surface area contributed by atoms with Crippen molar-refractivity contribution in [3.63, 3.8) is 0 Å². The molecular formula is C72H43N7. The number of aromatic nitrogens is 5. The van der Waals surface area contributed by atoms with Gasteiger partial charge in [0.05, 0.1) is 73.4 Å². The summed E-state index contributed by atoms with van der Waals surface area (Å²) in [6.45, 7) is 0. The van der Waals surface area contributed by atoms with E-state index in [-0.39, 0.29) is 0 Å². The van der Waals surface area contributed by atoms with Crippen LogP contribution in [0.25, 0.3) is 139 Å². The SMILES string of the molecule is N#Cc1ccccc1-c1cc(-c2cc(-c3ccccc3)nc(-c3ccccc3)n2)cc(-c2ccccc2C#N)c1-n1c2ccc(-n3c4ccccc4c4ccccc43)cc2c2cc(-n3c4ccccc4c4ccccc43)ccc21. The molecule has 7 heteroatoms. The number of rotatable bonds is 8. The fourth-order valence-corrected chi connectivity index (χ4v) is 12.1. The Morgan fingerprint density at radius 2 is 0.646 bits per heavy atom. The largest absolute Gasteiger partial charge is 0.309 e. The minimum Gasteiger partial charge on any atom is -0.309 e. The fourth-order valence-electron chi connectivity index (χ4n) is 12.1. The van der Waals surface area contributed by atoms with Crippen LogP contribution in [0.1, 0.15) is 11.1 Å². The van der Waals surface area contributed by atoms with Crippen molar-refractivity contribution in [2.75, 3.05) is 0 Å². The summed E-state index contributed by atoms with van der Waals surface area (Å²) in [5.41, 5.74) is 17.5. The third-order valence-corrected chi connectivity index (χ3v) is 15.5. The predicted molar refractivity (Wildman–Crippen MR) is 322 cm³/mol. The molecule has 0 saturated heterocycles.